The highest BCUT2D eigenvalue weighted by Crippen LogP contribution is 2.19. The summed E-state index contributed by atoms with van der Waals surface area (Å²) in [5.74, 6) is -0.886. The fourth-order valence-electron chi connectivity index (χ4n) is 1.49. The van der Waals surface area contributed by atoms with E-state index in [0.717, 1.165) is 0 Å². The zero-order valence-corrected chi connectivity index (χ0v) is 12.1. The molecule has 0 saturated heterocycles. The Balaban J connectivity index is 2.47. The second-order valence-corrected chi connectivity index (χ2v) is 4.26. The van der Waals surface area contributed by atoms with Gasteiger partial charge in [0.25, 0.3) is 5.91 Å². The molecule has 0 aliphatic rings. The summed E-state index contributed by atoms with van der Waals surface area (Å²) in [4.78, 5) is 15.6. The Hall–Kier alpha value is -1.87. The normalized spacial score (nSPS) is 11.3. The lowest BCUT2D eigenvalue weighted by Gasteiger charge is -2.12. The number of carbonyl (C=O) groups is 1. The standard InChI is InChI=1S/C13H18F3N3O3/c1-21-8-7-17-5-6-18-11(20)10-3-2-4-19-12(10)22-9-13(14,15)16/h2-4,17H,5-9H2,1H3,(H,18,20). The number of hydrogen-bond acceptors (Lipinski definition) is 5. The van der Waals surface area contributed by atoms with Crippen molar-refractivity contribution in [2.45, 2.75) is 6.18 Å². The van der Waals surface area contributed by atoms with Crippen LogP contribution < -0.4 is 15.4 Å². The summed E-state index contributed by atoms with van der Waals surface area (Å²) in [6, 6.07) is 2.80. The second kappa shape index (κ2) is 9.21. The van der Waals surface area contributed by atoms with Gasteiger partial charge in [0.05, 0.1) is 6.61 Å². The van der Waals surface area contributed by atoms with Crippen LogP contribution >= 0.6 is 0 Å². The Morgan fingerprint density at radius 1 is 1.32 bits per heavy atom. The molecule has 1 heterocycles. The number of hydrogen-bond donors (Lipinski definition) is 2. The Bertz CT molecular complexity index is 469. The number of pyridine rings is 1. The average Bonchev–Trinajstić information content (AvgIpc) is 2.48. The molecule has 0 spiro atoms. The Labute approximate surface area is 126 Å². The summed E-state index contributed by atoms with van der Waals surface area (Å²) in [6.45, 7) is 0.512. The lowest BCUT2D eigenvalue weighted by atomic mass is 10.2. The molecule has 22 heavy (non-hydrogen) atoms. The minimum absolute atomic E-state index is 0.0383. The zero-order valence-electron chi connectivity index (χ0n) is 12.1. The average molecular weight is 321 g/mol. The van der Waals surface area contributed by atoms with E-state index in [9.17, 15) is 18.0 Å². The fourth-order valence-corrected chi connectivity index (χ4v) is 1.49. The van der Waals surface area contributed by atoms with Crippen molar-refractivity contribution < 1.29 is 27.4 Å². The van der Waals surface area contributed by atoms with Gasteiger partial charge < -0.3 is 20.1 Å². The van der Waals surface area contributed by atoms with E-state index in [2.05, 4.69) is 20.4 Å². The van der Waals surface area contributed by atoms with Gasteiger partial charge >= 0.3 is 6.18 Å². The van der Waals surface area contributed by atoms with Crippen molar-refractivity contribution in [3.05, 3.63) is 23.9 Å². The topological polar surface area (TPSA) is 72.5 Å². The van der Waals surface area contributed by atoms with Gasteiger partial charge in [-0.05, 0) is 12.1 Å². The highest BCUT2D eigenvalue weighted by molar-refractivity contribution is 5.96. The van der Waals surface area contributed by atoms with Crippen LogP contribution in [0.4, 0.5) is 13.2 Å². The third-order valence-electron chi connectivity index (χ3n) is 2.46. The first-order valence-electron chi connectivity index (χ1n) is 6.56. The van der Waals surface area contributed by atoms with Crippen LogP contribution in [-0.4, -0.2) is 57.0 Å². The van der Waals surface area contributed by atoms with Gasteiger partial charge in [0, 0.05) is 32.9 Å². The van der Waals surface area contributed by atoms with Crippen molar-refractivity contribution in [1.29, 1.82) is 0 Å². The summed E-state index contributed by atoms with van der Waals surface area (Å²) < 4.78 is 45.9. The third kappa shape index (κ3) is 7.23. The lowest BCUT2D eigenvalue weighted by molar-refractivity contribution is -0.154. The van der Waals surface area contributed by atoms with Gasteiger partial charge in [0.1, 0.15) is 5.56 Å². The molecule has 0 aliphatic heterocycles. The van der Waals surface area contributed by atoms with E-state index in [1.54, 1.807) is 7.11 Å². The van der Waals surface area contributed by atoms with Crippen molar-refractivity contribution >= 4 is 5.91 Å². The number of ether oxygens (including phenoxy) is 2. The molecule has 1 aromatic rings. The van der Waals surface area contributed by atoms with Gasteiger partial charge in [-0.1, -0.05) is 0 Å². The summed E-state index contributed by atoms with van der Waals surface area (Å²) >= 11 is 0. The number of nitrogens with one attached hydrogen (secondary N) is 2. The molecule has 1 rings (SSSR count). The maximum absolute atomic E-state index is 12.2. The predicted molar refractivity (Wildman–Crippen MR) is 72.9 cm³/mol. The molecule has 0 fully saturated rings. The zero-order chi connectivity index (χ0) is 16.4. The number of alkyl halides is 3. The number of methoxy groups -OCH3 is 1. The molecule has 2 N–H and O–H groups in total. The molecule has 6 nitrogen and oxygen atoms in total. The second-order valence-electron chi connectivity index (χ2n) is 4.26. The van der Waals surface area contributed by atoms with Crippen LogP contribution in [0, 0.1) is 0 Å². The van der Waals surface area contributed by atoms with Gasteiger partial charge in [-0.3, -0.25) is 4.79 Å². The quantitative estimate of drug-likeness (QED) is 0.664. The summed E-state index contributed by atoms with van der Waals surface area (Å²) in [7, 11) is 1.58. The van der Waals surface area contributed by atoms with E-state index >= 15 is 0 Å². The van der Waals surface area contributed by atoms with Gasteiger partial charge in [0.2, 0.25) is 5.88 Å². The van der Waals surface area contributed by atoms with Crippen molar-refractivity contribution in [2.75, 3.05) is 40.0 Å². The van der Waals surface area contributed by atoms with Crippen molar-refractivity contribution in [3.8, 4) is 5.88 Å². The van der Waals surface area contributed by atoms with Crippen LogP contribution in [0.2, 0.25) is 0 Å². The molecule has 0 unspecified atom stereocenters. The number of halogens is 3. The molecule has 0 radical (unpaired) electrons. The number of carbonyl (C=O) groups excluding carboxylic acids is 1. The first kappa shape index (κ1) is 18.2. The predicted octanol–water partition coefficient (Wildman–Crippen LogP) is 0.988. The van der Waals surface area contributed by atoms with E-state index in [4.69, 9.17) is 4.74 Å². The van der Waals surface area contributed by atoms with E-state index < -0.39 is 18.7 Å². The van der Waals surface area contributed by atoms with E-state index in [1.807, 2.05) is 0 Å². The monoisotopic (exact) mass is 321 g/mol. The molecule has 1 aromatic heterocycles. The lowest BCUT2D eigenvalue weighted by Crippen LogP contribution is -2.33. The number of rotatable bonds is 9. The summed E-state index contributed by atoms with van der Waals surface area (Å²) in [6.07, 6.45) is -3.23. The molecule has 0 saturated carbocycles. The molecule has 124 valence electrons. The molecule has 0 bridgehead atoms. The van der Waals surface area contributed by atoms with Gasteiger partial charge in [-0.25, -0.2) is 4.98 Å². The van der Waals surface area contributed by atoms with Crippen molar-refractivity contribution in [1.82, 2.24) is 15.6 Å². The van der Waals surface area contributed by atoms with Gasteiger partial charge in [-0.2, -0.15) is 13.2 Å². The van der Waals surface area contributed by atoms with Crippen LogP contribution in [0.5, 0.6) is 5.88 Å². The Kier molecular flexibility index (Phi) is 7.61. The van der Waals surface area contributed by atoms with Crippen LogP contribution in [0.3, 0.4) is 0 Å². The van der Waals surface area contributed by atoms with Crippen LogP contribution in [0.1, 0.15) is 10.4 Å². The largest absolute Gasteiger partial charge is 0.467 e. The van der Waals surface area contributed by atoms with E-state index in [0.29, 0.717) is 26.2 Å². The van der Waals surface area contributed by atoms with Gasteiger partial charge in [0.15, 0.2) is 6.61 Å². The van der Waals surface area contributed by atoms with Crippen LogP contribution in [0.25, 0.3) is 0 Å². The SMILES string of the molecule is COCCNCCNC(=O)c1cccnc1OCC(F)(F)F. The smallest absolute Gasteiger partial charge is 0.422 e. The first-order valence-corrected chi connectivity index (χ1v) is 6.56. The van der Waals surface area contributed by atoms with Crippen LogP contribution in [0.15, 0.2) is 18.3 Å². The first-order chi connectivity index (χ1) is 10.4. The van der Waals surface area contributed by atoms with Crippen LogP contribution in [-0.2, 0) is 4.74 Å². The molecular formula is C13H18F3N3O3. The molecule has 0 aromatic carbocycles. The maximum Gasteiger partial charge on any atom is 0.422 e. The highest BCUT2D eigenvalue weighted by atomic mass is 19.4. The van der Waals surface area contributed by atoms with E-state index in [1.165, 1.54) is 18.3 Å². The molecule has 0 aliphatic carbocycles. The van der Waals surface area contributed by atoms with Crippen molar-refractivity contribution in [3.63, 3.8) is 0 Å². The summed E-state index contributed by atoms with van der Waals surface area (Å²) in [5, 5.41) is 5.59. The minimum atomic E-state index is -4.49. The van der Waals surface area contributed by atoms with E-state index in [-0.39, 0.29) is 11.4 Å². The molecular weight excluding hydrogens is 303 g/mol. The maximum atomic E-state index is 12.2. The molecule has 9 heteroatoms. The number of aromatic nitrogens is 1. The Morgan fingerprint density at radius 3 is 2.77 bits per heavy atom. The minimum Gasteiger partial charge on any atom is -0.467 e. The number of nitrogens with zero attached hydrogens (tertiary/aromatic N) is 1. The fraction of sp³-hybridized carbons (Fsp3) is 0.538. The van der Waals surface area contributed by atoms with Crippen molar-refractivity contribution in [2.24, 2.45) is 0 Å². The summed E-state index contributed by atoms with van der Waals surface area (Å²) in [5.41, 5.74) is -0.0383. The van der Waals surface area contributed by atoms with Gasteiger partial charge in [-0.15, -0.1) is 0 Å². The highest BCUT2D eigenvalue weighted by Gasteiger charge is 2.29. The number of amides is 1. The molecule has 1 amide bonds. The third-order valence-corrected chi connectivity index (χ3v) is 2.46. The molecule has 0 atom stereocenters. The Morgan fingerprint density at radius 2 is 2.09 bits per heavy atom.